The first kappa shape index (κ1) is 21.1. The highest BCUT2D eigenvalue weighted by Crippen LogP contribution is 2.25. The van der Waals surface area contributed by atoms with Crippen LogP contribution in [0.15, 0.2) is 47.6 Å². The maximum atomic E-state index is 12.4. The van der Waals surface area contributed by atoms with Crippen molar-refractivity contribution < 1.29 is 19.0 Å². The molecule has 0 spiro atoms. The number of amides is 1. The molecule has 0 aromatic heterocycles. The molecule has 0 fully saturated rings. The normalized spacial score (nSPS) is 12.1. The number of hydrazone groups is 1. The quantitative estimate of drug-likeness (QED) is 0.510. The Morgan fingerprint density at radius 3 is 2.36 bits per heavy atom. The fraction of sp³-hybridized carbons (Fsp3) is 0.333. The molecule has 0 saturated carbocycles. The van der Waals surface area contributed by atoms with Gasteiger partial charge in [0, 0.05) is 17.3 Å². The number of methoxy groups -OCH3 is 2. The third-order valence-electron chi connectivity index (χ3n) is 4.07. The minimum absolute atomic E-state index is 0.249. The van der Waals surface area contributed by atoms with Crippen LogP contribution in [0.1, 0.15) is 26.3 Å². The molecule has 28 heavy (non-hydrogen) atoms. The van der Waals surface area contributed by atoms with Gasteiger partial charge in [0.05, 0.1) is 26.5 Å². The average molecular weight is 385 g/mol. The Morgan fingerprint density at radius 1 is 1.07 bits per heavy atom. The van der Waals surface area contributed by atoms with Crippen molar-refractivity contribution >= 4 is 17.3 Å². The van der Waals surface area contributed by atoms with Crippen LogP contribution >= 0.6 is 0 Å². The number of anilines is 1. The van der Waals surface area contributed by atoms with Crippen molar-refractivity contribution in [1.82, 2.24) is 5.43 Å². The molecule has 0 heterocycles. The molecule has 7 nitrogen and oxygen atoms in total. The Balaban J connectivity index is 1.99. The van der Waals surface area contributed by atoms with Crippen LogP contribution < -0.4 is 25.0 Å². The van der Waals surface area contributed by atoms with Gasteiger partial charge in [0.2, 0.25) is 0 Å². The minimum Gasteiger partial charge on any atom is -0.497 e. The first-order valence-electron chi connectivity index (χ1n) is 9.04. The lowest BCUT2D eigenvalue weighted by atomic mass is 10.1. The molecule has 2 aromatic rings. The van der Waals surface area contributed by atoms with E-state index in [2.05, 4.69) is 15.8 Å². The summed E-state index contributed by atoms with van der Waals surface area (Å²) < 4.78 is 16.0. The molecule has 2 N–H and O–H groups in total. The smallest absolute Gasteiger partial charge is 0.262 e. The highest BCUT2D eigenvalue weighted by Gasteiger charge is 2.13. The molecule has 0 saturated heterocycles. The summed E-state index contributed by atoms with van der Waals surface area (Å²) in [6.07, 6.45) is 0. The molecule has 1 amide bonds. The zero-order chi connectivity index (χ0) is 20.5. The Morgan fingerprint density at radius 2 is 1.75 bits per heavy atom. The van der Waals surface area contributed by atoms with E-state index in [1.54, 1.807) is 34.1 Å². The monoisotopic (exact) mass is 385 g/mol. The number of rotatable bonds is 9. The summed E-state index contributed by atoms with van der Waals surface area (Å²) in [6, 6.07) is 12.4. The lowest BCUT2D eigenvalue weighted by molar-refractivity contribution is -0.121. The van der Waals surface area contributed by atoms with Gasteiger partial charge in [-0.25, -0.2) is 5.43 Å². The highest BCUT2D eigenvalue weighted by atomic mass is 16.5. The van der Waals surface area contributed by atoms with Gasteiger partial charge in [0.25, 0.3) is 5.91 Å². The molecule has 0 unspecified atom stereocenters. The van der Waals surface area contributed by atoms with E-state index in [9.17, 15) is 4.79 Å². The topological polar surface area (TPSA) is 81.2 Å². The van der Waals surface area contributed by atoms with E-state index in [0.29, 0.717) is 23.8 Å². The van der Waals surface area contributed by atoms with Crippen molar-refractivity contribution in [3.05, 3.63) is 48.0 Å². The van der Waals surface area contributed by atoms with Gasteiger partial charge >= 0.3 is 0 Å². The molecule has 1 atom stereocenters. The van der Waals surface area contributed by atoms with Crippen molar-refractivity contribution in [2.75, 3.05) is 26.1 Å². The van der Waals surface area contributed by atoms with Crippen molar-refractivity contribution in [1.29, 1.82) is 0 Å². The number of ether oxygens (including phenoxy) is 3. The summed E-state index contributed by atoms with van der Waals surface area (Å²) in [6.45, 7) is 6.12. The van der Waals surface area contributed by atoms with Crippen LogP contribution in [0.2, 0.25) is 0 Å². The third-order valence-corrected chi connectivity index (χ3v) is 4.07. The predicted molar refractivity (Wildman–Crippen MR) is 111 cm³/mol. The molecular formula is C21H27N3O4. The van der Waals surface area contributed by atoms with E-state index < -0.39 is 6.04 Å². The molecule has 7 heteroatoms. The predicted octanol–water partition coefficient (Wildman–Crippen LogP) is 3.44. The lowest BCUT2D eigenvalue weighted by Crippen LogP contribution is -2.35. The first-order valence-corrected chi connectivity index (χ1v) is 9.04. The van der Waals surface area contributed by atoms with Gasteiger partial charge in [-0.2, -0.15) is 5.10 Å². The van der Waals surface area contributed by atoms with Gasteiger partial charge in [-0.05, 0) is 57.2 Å². The van der Waals surface area contributed by atoms with Crippen molar-refractivity contribution in [3.8, 4) is 17.2 Å². The zero-order valence-electron chi connectivity index (χ0n) is 16.9. The van der Waals surface area contributed by atoms with Crippen LogP contribution in [0.4, 0.5) is 5.69 Å². The number of benzene rings is 2. The largest absolute Gasteiger partial charge is 0.497 e. The van der Waals surface area contributed by atoms with E-state index in [1.165, 1.54) is 0 Å². The molecule has 0 radical (unpaired) electrons. The summed E-state index contributed by atoms with van der Waals surface area (Å²) in [4.78, 5) is 12.4. The first-order chi connectivity index (χ1) is 13.5. The van der Waals surface area contributed by atoms with Gasteiger partial charge in [-0.15, -0.1) is 0 Å². The van der Waals surface area contributed by atoms with Crippen molar-refractivity contribution in [2.45, 2.75) is 26.8 Å². The van der Waals surface area contributed by atoms with Crippen LogP contribution in [0.5, 0.6) is 17.2 Å². The number of nitrogens with zero attached hydrogens (tertiary/aromatic N) is 1. The Kier molecular flexibility index (Phi) is 7.68. The van der Waals surface area contributed by atoms with E-state index in [1.807, 2.05) is 43.3 Å². The molecule has 0 aliphatic carbocycles. The Labute approximate surface area is 165 Å². The van der Waals surface area contributed by atoms with Crippen LogP contribution in [0.3, 0.4) is 0 Å². The highest BCUT2D eigenvalue weighted by molar-refractivity contribution is 6.02. The van der Waals surface area contributed by atoms with Crippen LogP contribution in [0, 0.1) is 0 Å². The molecular weight excluding hydrogens is 358 g/mol. The number of hydrogen-bond donors (Lipinski definition) is 2. The summed E-state index contributed by atoms with van der Waals surface area (Å²) >= 11 is 0. The number of carbonyl (C=O) groups excluding carboxylic acids is 1. The van der Waals surface area contributed by atoms with Gasteiger partial charge < -0.3 is 19.5 Å². The van der Waals surface area contributed by atoms with E-state index in [-0.39, 0.29) is 5.91 Å². The lowest BCUT2D eigenvalue weighted by Gasteiger charge is -2.15. The maximum absolute atomic E-state index is 12.4. The maximum Gasteiger partial charge on any atom is 0.262 e. The number of nitrogens with one attached hydrogen (secondary N) is 2. The zero-order valence-corrected chi connectivity index (χ0v) is 16.9. The fourth-order valence-electron chi connectivity index (χ4n) is 2.52. The second kappa shape index (κ2) is 10.2. The average Bonchev–Trinajstić information content (AvgIpc) is 2.72. The van der Waals surface area contributed by atoms with Crippen LogP contribution in [-0.4, -0.2) is 38.5 Å². The Hall–Kier alpha value is -3.22. The third kappa shape index (κ3) is 5.64. The summed E-state index contributed by atoms with van der Waals surface area (Å²) in [5.74, 6) is 1.85. The molecule has 2 aromatic carbocycles. The van der Waals surface area contributed by atoms with Gasteiger partial charge in [-0.3, -0.25) is 4.79 Å². The summed E-state index contributed by atoms with van der Waals surface area (Å²) in [7, 11) is 3.17. The van der Waals surface area contributed by atoms with Crippen molar-refractivity contribution in [3.63, 3.8) is 0 Å². The molecule has 2 rings (SSSR count). The molecule has 0 aliphatic heterocycles. The van der Waals surface area contributed by atoms with Crippen LogP contribution in [0.25, 0.3) is 0 Å². The van der Waals surface area contributed by atoms with Crippen molar-refractivity contribution in [2.24, 2.45) is 5.10 Å². The van der Waals surface area contributed by atoms with Gasteiger partial charge in [0.15, 0.2) is 0 Å². The summed E-state index contributed by atoms with van der Waals surface area (Å²) in [5.41, 5.74) is 4.81. The van der Waals surface area contributed by atoms with Gasteiger partial charge in [-0.1, -0.05) is 0 Å². The van der Waals surface area contributed by atoms with Crippen LogP contribution in [-0.2, 0) is 4.79 Å². The molecule has 0 bridgehead atoms. The molecule has 0 aliphatic rings. The standard InChI is InChI=1S/C21H27N3O4/c1-6-28-17-9-7-16(8-10-17)22-15(3)21(25)24-23-14(2)19-12-11-18(26-4)13-20(19)27-5/h7-13,15,22H,6H2,1-5H3,(H,24,25)/t15-/m1/s1. The second-order valence-electron chi connectivity index (χ2n) is 6.06. The van der Waals surface area contributed by atoms with E-state index in [0.717, 1.165) is 17.0 Å². The SMILES string of the molecule is CCOc1ccc(N[C@H](C)C(=O)NN=C(C)c2ccc(OC)cc2OC)cc1. The molecule has 150 valence electrons. The minimum atomic E-state index is -0.466. The number of carbonyl (C=O) groups is 1. The fourth-order valence-corrected chi connectivity index (χ4v) is 2.52. The second-order valence-corrected chi connectivity index (χ2v) is 6.06. The van der Waals surface area contributed by atoms with Gasteiger partial charge in [0.1, 0.15) is 23.3 Å². The van der Waals surface area contributed by atoms with E-state index in [4.69, 9.17) is 14.2 Å². The number of hydrogen-bond acceptors (Lipinski definition) is 6. The Bertz CT molecular complexity index is 819. The summed E-state index contributed by atoms with van der Waals surface area (Å²) in [5, 5.41) is 7.33. The van der Waals surface area contributed by atoms with E-state index >= 15 is 0 Å².